The molecule has 1 aliphatic rings. The average Bonchev–Trinajstić information content (AvgIpc) is 2.92. The molecule has 5 rings (SSSR count). The number of hydrogen-bond acceptors (Lipinski definition) is 7. The van der Waals surface area contributed by atoms with Crippen LogP contribution in [0.15, 0.2) is 60.7 Å². The van der Waals surface area contributed by atoms with E-state index in [9.17, 15) is 9.18 Å². The average molecular weight is 488 g/mol. The zero-order valence-electron chi connectivity index (χ0n) is 19.8. The summed E-state index contributed by atoms with van der Waals surface area (Å²) in [4.78, 5) is 30.1. The number of urea groups is 1. The van der Waals surface area contributed by atoms with Crippen molar-refractivity contribution >= 4 is 28.8 Å². The number of carbonyl (C=O) groups is 1. The highest BCUT2D eigenvalue weighted by molar-refractivity contribution is 5.88. The number of aromatic nitrogens is 3. The van der Waals surface area contributed by atoms with Gasteiger partial charge in [-0.15, -0.1) is 0 Å². The minimum absolute atomic E-state index is 0.116. The second-order valence-electron chi connectivity index (χ2n) is 8.46. The van der Waals surface area contributed by atoms with E-state index in [-0.39, 0.29) is 17.8 Å². The highest BCUT2D eigenvalue weighted by atomic mass is 19.1. The molecule has 36 heavy (non-hydrogen) atoms. The molecule has 0 bridgehead atoms. The van der Waals surface area contributed by atoms with E-state index in [2.05, 4.69) is 20.2 Å². The summed E-state index contributed by atoms with van der Waals surface area (Å²) in [6, 6.07) is 17.3. The maximum atomic E-state index is 13.4. The van der Waals surface area contributed by atoms with Crippen molar-refractivity contribution in [3.63, 3.8) is 0 Å². The van der Waals surface area contributed by atoms with Crippen molar-refractivity contribution in [1.82, 2.24) is 25.2 Å². The third-order valence-electron chi connectivity index (χ3n) is 6.15. The molecule has 3 N–H and O–H groups in total. The van der Waals surface area contributed by atoms with Gasteiger partial charge in [-0.25, -0.2) is 19.2 Å². The summed E-state index contributed by atoms with van der Waals surface area (Å²) in [6.07, 6.45) is 0. The molecule has 0 aliphatic carbocycles. The molecule has 4 aromatic rings. The number of hydrogen-bond donors (Lipinski definition) is 2. The van der Waals surface area contributed by atoms with Crippen molar-refractivity contribution in [2.45, 2.75) is 6.54 Å². The maximum absolute atomic E-state index is 13.4. The molecule has 0 spiro atoms. The Morgan fingerprint density at radius 3 is 2.39 bits per heavy atom. The van der Waals surface area contributed by atoms with Crippen molar-refractivity contribution in [2.24, 2.45) is 0 Å². The number of halogens is 1. The molecule has 1 aliphatic heterocycles. The molecule has 2 aromatic carbocycles. The largest absolute Gasteiger partial charge is 0.497 e. The topological polar surface area (TPSA) is 110 Å². The number of rotatable bonds is 5. The Labute approximate surface area is 207 Å². The Morgan fingerprint density at radius 2 is 1.69 bits per heavy atom. The van der Waals surface area contributed by atoms with Gasteiger partial charge in [-0.3, -0.25) is 0 Å². The van der Waals surface area contributed by atoms with E-state index in [0.29, 0.717) is 55.3 Å². The fourth-order valence-corrected chi connectivity index (χ4v) is 4.17. The van der Waals surface area contributed by atoms with E-state index in [0.717, 1.165) is 16.9 Å². The molecule has 10 heteroatoms. The zero-order valence-corrected chi connectivity index (χ0v) is 19.8. The molecule has 0 unspecified atom stereocenters. The molecule has 2 aromatic heterocycles. The lowest BCUT2D eigenvalue weighted by Crippen LogP contribution is -2.52. The third-order valence-corrected chi connectivity index (χ3v) is 6.15. The number of nitrogens with two attached hydrogens (primary N) is 1. The number of ether oxygens (including phenoxy) is 1. The predicted octanol–water partition coefficient (Wildman–Crippen LogP) is 3.45. The van der Waals surface area contributed by atoms with Crippen molar-refractivity contribution in [3.8, 4) is 17.0 Å². The van der Waals surface area contributed by atoms with Crippen LogP contribution in [0.4, 0.5) is 21.0 Å². The lowest BCUT2D eigenvalue weighted by Gasteiger charge is -2.35. The second kappa shape index (κ2) is 10.0. The van der Waals surface area contributed by atoms with Crippen LogP contribution in [-0.2, 0) is 6.54 Å². The van der Waals surface area contributed by atoms with E-state index >= 15 is 0 Å². The summed E-state index contributed by atoms with van der Waals surface area (Å²) >= 11 is 0. The number of amides is 2. The fourth-order valence-electron chi connectivity index (χ4n) is 4.17. The van der Waals surface area contributed by atoms with Gasteiger partial charge in [-0.05, 0) is 54.1 Å². The standard InChI is InChI=1S/C26H26FN7O2/c1-36-20-8-2-17(3-9-20)16-29-26(35)34-14-12-33(13-15-34)24-23-22(31-25(28)32-24)11-10-21(30-23)18-4-6-19(27)7-5-18/h2-11H,12-16H2,1H3,(H,29,35)(H2,28,31,32). The van der Waals surface area contributed by atoms with Gasteiger partial charge in [0.15, 0.2) is 5.82 Å². The molecular weight excluding hydrogens is 461 g/mol. The number of nitrogens with zero attached hydrogens (tertiary/aromatic N) is 5. The number of fused-ring (bicyclic) bond motifs is 1. The van der Waals surface area contributed by atoms with Crippen LogP contribution in [0.1, 0.15) is 5.56 Å². The molecule has 1 fully saturated rings. The van der Waals surface area contributed by atoms with Crippen molar-refractivity contribution in [2.75, 3.05) is 43.9 Å². The Hall–Kier alpha value is -4.47. The maximum Gasteiger partial charge on any atom is 0.317 e. The van der Waals surface area contributed by atoms with Crippen LogP contribution in [0, 0.1) is 5.82 Å². The Morgan fingerprint density at radius 1 is 0.972 bits per heavy atom. The molecular formula is C26H26FN7O2. The molecule has 1 saturated heterocycles. The van der Waals surface area contributed by atoms with Crippen molar-refractivity contribution < 1.29 is 13.9 Å². The lowest BCUT2D eigenvalue weighted by atomic mass is 10.1. The van der Waals surface area contributed by atoms with Crippen molar-refractivity contribution in [1.29, 1.82) is 0 Å². The Balaban J connectivity index is 1.28. The van der Waals surface area contributed by atoms with Crippen LogP contribution in [0.5, 0.6) is 5.75 Å². The number of piperazine rings is 1. The number of carbonyl (C=O) groups excluding carboxylic acids is 1. The van der Waals surface area contributed by atoms with Crippen molar-refractivity contribution in [3.05, 3.63) is 72.0 Å². The van der Waals surface area contributed by atoms with Crippen LogP contribution in [0.2, 0.25) is 0 Å². The summed E-state index contributed by atoms with van der Waals surface area (Å²) in [5.41, 5.74) is 9.70. The number of nitrogens with one attached hydrogen (secondary N) is 1. The summed E-state index contributed by atoms with van der Waals surface area (Å²) < 4.78 is 18.5. The van der Waals surface area contributed by atoms with E-state index in [1.807, 2.05) is 36.4 Å². The highest BCUT2D eigenvalue weighted by Crippen LogP contribution is 2.27. The number of methoxy groups -OCH3 is 1. The summed E-state index contributed by atoms with van der Waals surface area (Å²) in [5, 5.41) is 2.97. The van der Waals surface area contributed by atoms with Gasteiger partial charge in [-0.2, -0.15) is 4.98 Å². The number of benzene rings is 2. The van der Waals surface area contributed by atoms with Gasteiger partial charge >= 0.3 is 6.03 Å². The number of nitrogen functional groups attached to an aromatic ring is 1. The number of anilines is 2. The van der Waals surface area contributed by atoms with E-state index in [1.165, 1.54) is 12.1 Å². The van der Waals surface area contributed by atoms with Crippen LogP contribution in [-0.4, -0.2) is 59.2 Å². The molecule has 2 amide bonds. The molecule has 184 valence electrons. The molecule has 0 atom stereocenters. The molecule has 0 radical (unpaired) electrons. The van der Waals surface area contributed by atoms with Gasteiger partial charge in [0.05, 0.1) is 18.3 Å². The summed E-state index contributed by atoms with van der Waals surface area (Å²) in [7, 11) is 1.62. The summed E-state index contributed by atoms with van der Waals surface area (Å²) in [5.74, 6) is 1.26. The lowest BCUT2D eigenvalue weighted by molar-refractivity contribution is 0.194. The smallest absolute Gasteiger partial charge is 0.317 e. The second-order valence-corrected chi connectivity index (χ2v) is 8.46. The Bertz CT molecular complexity index is 1370. The fraction of sp³-hybridized carbons (Fsp3) is 0.231. The van der Waals surface area contributed by atoms with Gasteiger partial charge < -0.3 is 25.6 Å². The number of pyridine rings is 1. The van der Waals surface area contributed by atoms with E-state index < -0.39 is 0 Å². The van der Waals surface area contributed by atoms with Gasteiger partial charge in [0.1, 0.15) is 17.1 Å². The zero-order chi connectivity index (χ0) is 25.1. The minimum Gasteiger partial charge on any atom is -0.497 e. The predicted molar refractivity (Wildman–Crippen MR) is 136 cm³/mol. The van der Waals surface area contributed by atoms with Crippen LogP contribution < -0.4 is 20.7 Å². The van der Waals surface area contributed by atoms with Gasteiger partial charge in [-0.1, -0.05) is 12.1 Å². The first-order valence-electron chi connectivity index (χ1n) is 11.6. The van der Waals surface area contributed by atoms with Crippen LogP contribution >= 0.6 is 0 Å². The van der Waals surface area contributed by atoms with Crippen LogP contribution in [0.25, 0.3) is 22.3 Å². The monoisotopic (exact) mass is 487 g/mol. The third kappa shape index (κ3) is 4.97. The first-order chi connectivity index (χ1) is 17.5. The van der Waals surface area contributed by atoms with E-state index in [4.69, 9.17) is 15.5 Å². The Kier molecular flexibility index (Phi) is 6.48. The van der Waals surface area contributed by atoms with Gasteiger partial charge in [0.25, 0.3) is 0 Å². The highest BCUT2D eigenvalue weighted by Gasteiger charge is 2.24. The van der Waals surface area contributed by atoms with E-state index in [1.54, 1.807) is 24.1 Å². The minimum atomic E-state index is -0.303. The molecule has 9 nitrogen and oxygen atoms in total. The molecule has 3 heterocycles. The summed E-state index contributed by atoms with van der Waals surface area (Å²) in [6.45, 7) is 2.63. The quantitative estimate of drug-likeness (QED) is 0.444. The van der Waals surface area contributed by atoms with Crippen LogP contribution in [0.3, 0.4) is 0 Å². The normalized spacial score (nSPS) is 13.6. The first kappa shape index (κ1) is 23.3. The van der Waals surface area contributed by atoms with Gasteiger partial charge in [0.2, 0.25) is 5.95 Å². The molecule has 0 saturated carbocycles. The SMILES string of the molecule is COc1ccc(CNC(=O)N2CCN(c3nc(N)nc4ccc(-c5ccc(F)cc5)nc34)CC2)cc1. The first-order valence-corrected chi connectivity index (χ1v) is 11.6. The van der Waals surface area contributed by atoms with Gasteiger partial charge in [0, 0.05) is 38.3 Å².